The van der Waals surface area contributed by atoms with Gasteiger partial charge in [0.2, 0.25) is 11.8 Å². The lowest BCUT2D eigenvalue weighted by molar-refractivity contribution is -0.125. The molecule has 2 heterocycles. The minimum Gasteiger partial charge on any atom is -0.393 e. The molecule has 0 spiro atoms. The predicted octanol–water partition coefficient (Wildman–Crippen LogP) is 4.05. The highest BCUT2D eigenvalue weighted by Crippen LogP contribution is 2.40. The normalized spacial score (nSPS) is 17.9. The molecule has 0 bridgehead atoms. The van der Waals surface area contributed by atoms with Crippen molar-refractivity contribution in [1.29, 1.82) is 0 Å². The standard InChI is InChI=1S/C19H17Cl2N3O4S/c1-27-8-13(25)23-16-10-5-3-2-4-9(10)6-11(16)22-19(26)28-14-7-12-17(24-14)15(20)18(21)29-12/h2-5,7,11,16,24H,6,8H2,1H3,(H,22,26)(H,23,25)/t11-,16-/m1/s1. The molecule has 29 heavy (non-hydrogen) atoms. The van der Waals surface area contributed by atoms with Crippen LogP contribution in [0.1, 0.15) is 17.2 Å². The van der Waals surface area contributed by atoms with E-state index in [0.717, 1.165) is 15.8 Å². The first-order chi connectivity index (χ1) is 14.0. The third-order valence-corrected chi connectivity index (χ3v) is 6.61. The largest absolute Gasteiger partial charge is 0.414 e. The summed E-state index contributed by atoms with van der Waals surface area (Å²) >= 11 is 13.4. The second-order valence-corrected chi connectivity index (χ2v) is 8.62. The van der Waals surface area contributed by atoms with E-state index in [1.165, 1.54) is 18.4 Å². The first-order valence-electron chi connectivity index (χ1n) is 8.77. The number of aromatic amines is 1. The monoisotopic (exact) mass is 453 g/mol. The van der Waals surface area contributed by atoms with Gasteiger partial charge in [-0.15, -0.1) is 11.3 Å². The van der Waals surface area contributed by atoms with Crippen LogP contribution in [0.4, 0.5) is 4.79 Å². The molecule has 0 radical (unpaired) electrons. The highest BCUT2D eigenvalue weighted by Gasteiger charge is 2.35. The van der Waals surface area contributed by atoms with Gasteiger partial charge in [-0.3, -0.25) is 4.79 Å². The summed E-state index contributed by atoms with van der Waals surface area (Å²) in [6.07, 6.45) is -0.0605. The molecule has 2 atom stereocenters. The fourth-order valence-electron chi connectivity index (χ4n) is 3.48. The Hall–Kier alpha value is -2.26. The fraction of sp³-hybridized carbons (Fsp3) is 0.263. The number of halogens is 2. The first kappa shape index (κ1) is 20.0. The highest BCUT2D eigenvalue weighted by molar-refractivity contribution is 7.23. The molecule has 1 aliphatic rings. The number of hydrogen-bond donors (Lipinski definition) is 3. The first-order valence-corrected chi connectivity index (χ1v) is 10.3. The third-order valence-electron chi connectivity index (χ3n) is 4.68. The molecular formula is C19H17Cl2N3O4S. The minimum absolute atomic E-state index is 0.0572. The van der Waals surface area contributed by atoms with Gasteiger partial charge in [0.1, 0.15) is 10.9 Å². The predicted molar refractivity (Wildman–Crippen MR) is 112 cm³/mol. The van der Waals surface area contributed by atoms with E-state index >= 15 is 0 Å². The molecule has 1 aromatic carbocycles. The number of rotatable bonds is 5. The van der Waals surface area contributed by atoms with Crippen LogP contribution in [0, 0.1) is 0 Å². The number of amides is 2. The van der Waals surface area contributed by atoms with Crippen molar-refractivity contribution >= 4 is 56.8 Å². The van der Waals surface area contributed by atoms with E-state index in [9.17, 15) is 9.59 Å². The van der Waals surface area contributed by atoms with Gasteiger partial charge in [-0.1, -0.05) is 47.5 Å². The van der Waals surface area contributed by atoms with Gasteiger partial charge in [0.05, 0.1) is 27.3 Å². The van der Waals surface area contributed by atoms with Crippen molar-refractivity contribution in [3.05, 3.63) is 50.8 Å². The zero-order chi connectivity index (χ0) is 20.5. The molecule has 0 unspecified atom stereocenters. The summed E-state index contributed by atoms with van der Waals surface area (Å²) in [5, 5.41) is 6.15. The third kappa shape index (κ3) is 4.06. The Morgan fingerprint density at radius 1 is 1.28 bits per heavy atom. The second kappa shape index (κ2) is 8.23. The van der Waals surface area contributed by atoms with Crippen LogP contribution in [0.3, 0.4) is 0 Å². The molecule has 4 rings (SSSR count). The number of nitrogens with one attached hydrogen (secondary N) is 3. The van der Waals surface area contributed by atoms with Crippen molar-refractivity contribution in [2.75, 3.05) is 13.7 Å². The lowest BCUT2D eigenvalue weighted by atomic mass is 10.1. The average Bonchev–Trinajstić information content (AvgIpc) is 3.29. The van der Waals surface area contributed by atoms with E-state index in [1.54, 1.807) is 6.07 Å². The van der Waals surface area contributed by atoms with E-state index in [1.807, 2.05) is 24.3 Å². The molecule has 3 N–H and O–H groups in total. The Kier molecular flexibility index (Phi) is 5.69. The maximum absolute atomic E-state index is 12.5. The van der Waals surface area contributed by atoms with Crippen LogP contribution in [-0.4, -0.2) is 36.7 Å². The lowest BCUT2D eigenvalue weighted by Gasteiger charge is -2.22. The number of thiophene rings is 1. The molecule has 0 aliphatic heterocycles. The van der Waals surface area contributed by atoms with Crippen LogP contribution in [0.5, 0.6) is 5.88 Å². The maximum atomic E-state index is 12.5. The molecule has 2 amide bonds. The summed E-state index contributed by atoms with van der Waals surface area (Å²) < 4.78 is 11.5. The number of carbonyl (C=O) groups excluding carboxylic acids is 2. The average molecular weight is 454 g/mol. The van der Waals surface area contributed by atoms with Gasteiger partial charge < -0.3 is 25.1 Å². The van der Waals surface area contributed by atoms with Gasteiger partial charge in [-0.05, 0) is 17.5 Å². The molecule has 2 aromatic heterocycles. The number of ether oxygens (including phenoxy) is 2. The molecule has 0 fully saturated rings. The van der Waals surface area contributed by atoms with E-state index in [0.29, 0.717) is 21.3 Å². The van der Waals surface area contributed by atoms with Crippen LogP contribution >= 0.6 is 34.5 Å². The molecule has 3 aromatic rings. The summed E-state index contributed by atoms with van der Waals surface area (Å²) in [5.74, 6) is 0.00305. The van der Waals surface area contributed by atoms with Crippen molar-refractivity contribution in [3.8, 4) is 5.88 Å². The van der Waals surface area contributed by atoms with Gasteiger partial charge in [0, 0.05) is 13.2 Å². The topological polar surface area (TPSA) is 92.5 Å². The van der Waals surface area contributed by atoms with E-state index in [4.69, 9.17) is 32.7 Å². The van der Waals surface area contributed by atoms with Gasteiger partial charge >= 0.3 is 6.09 Å². The number of benzene rings is 1. The van der Waals surface area contributed by atoms with Crippen LogP contribution in [0.15, 0.2) is 30.3 Å². The zero-order valence-corrected chi connectivity index (χ0v) is 17.6. The summed E-state index contributed by atoms with van der Waals surface area (Å²) in [6.45, 7) is -0.0572. The Morgan fingerprint density at radius 2 is 2.07 bits per heavy atom. The van der Waals surface area contributed by atoms with Crippen molar-refractivity contribution < 1.29 is 19.1 Å². The van der Waals surface area contributed by atoms with Crippen LogP contribution in [0.25, 0.3) is 10.2 Å². The quantitative estimate of drug-likeness (QED) is 0.543. The van der Waals surface area contributed by atoms with Gasteiger partial charge in [0.15, 0.2) is 0 Å². The Balaban J connectivity index is 1.47. The number of methoxy groups -OCH3 is 1. The molecule has 1 aliphatic carbocycles. The van der Waals surface area contributed by atoms with E-state index in [-0.39, 0.29) is 30.5 Å². The smallest absolute Gasteiger partial charge is 0.393 e. The van der Waals surface area contributed by atoms with Crippen molar-refractivity contribution in [2.24, 2.45) is 0 Å². The molecule has 152 valence electrons. The van der Waals surface area contributed by atoms with Crippen LogP contribution in [0.2, 0.25) is 9.36 Å². The number of hydrogen-bond acceptors (Lipinski definition) is 5. The Morgan fingerprint density at radius 3 is 2.83 bits per heavy atom. The summed E-state index contributed by atoms with van der Waals surface area (Å²) in [7, 11) is 1.45. The van der Waals surface area contributed by atoms with Crippen LogP contribution < -0.4 is 15.4 Å². The van der Waals surface area contributed by atoms with Crippen molar-refractivity contribution in [2.45, 2.75) is 18.5 Å². The summed E-state index contributed by atoms with van der Waals surface area (Å²) in [6, 6.07) is 8.67. The van der Waals surface area contributed by atoms with Crippen LogP contribution in [-0.2, 0) is 16.0 Å². The molecular weight excluding hydrogens is 437 g/mol. The van der Waals surface area contributed by atoms with Gasteiger partial charge in [-0.2, -0.15) is 0 Å². The van der Waals surface area contributed by atoms with E-state index < -0.39 is 6.09 Å². The summed E-state index contributed by atoms with van der Waals surface area (Å²) in [5.41, 5.74) is 2.65. The Labute approximate surface area is 180 Å². The number of carbonyl (C=O) groups is 2. The zero-order valence-electron chi connectivity index (χ0n) is 15.3. The maximum Gasteiger partial charge on any atom is 0.414 e. The second-order valence-electron chi connectivity index (χ2n) is 6.58. The summed E-state index contributed by atoms with van der Waals surface area (Å²) in [4.78, 5) is 27.5. The van der Waals surface area contributed by atoms with Gasteiger partial charge in [0.25, 0.3) is 0 Å². The van der Waals surface area contributed by atoms with Crippen molar-refractivity contribution in [3.63, 3.8) is 0 Å². The van der Waals surface area contributed by atoms with Crippen molar-refractivity contribution in [1.82, 2.24) is 15.6 Å². The molecule has 0 saturated heterocycles. The number of H-pyrrole nitrogens is 1. The minimum atomic E-state index is -0.634. The highest BCUT2D eigenvalue weighted by atomic mass is 35.5. The molecule has 0 saturated carbocycles. The number of aromatic nitrogens is 1. The van der Waals surface area contributed by atoms with E-state index in [2.05, 4.69) is 15.6 Å². The lowest BCUT2D eigenvalue weighted by Crippen LogP contribution is -2.46. The van der Waals surface area contributed by atoms with Gasteiger partial charge in [-0.25, -0.2) is 4.79 Å². The Bertz CT molecular complexity index is 1080. The molecule has 7 nitrogen and oxygen atoms in total. The fourth-order valence-corrected chi connectivity index (χ4v) is 4.96. The SMILES string of the molecule is COCC(=O)N[C@@H]1c2ccccc2C[C@H]1NC(=O)Oc1cc2sc(Cl)c(Cl)c2[nH]1. The molecule has 10 heteroatoms. The number of fused-ring (bicyclic) bond motifs is 2.